The van der Waals surface area contributed by atoms with Gasteiger partial charge in [-0.1, -0.05) is 35.3 Å². The zero-order chi connectivity index (χ0) is 17.1. The molecular formula is C17H13Cl2FN4. The van der Waals surface area contributed by atoms with Gasteiger partial charge in [-0.25, -0.2) is 9.37 Å². The van der Waals surface area contributed by atoms with E-state index in [4.69, 9.17) is 23.2 Å². The van der Waals surface area contributed by atoms with E-state index >= 15 is 0 Å². The summed E-state index contributed by atoms with van der Waals surface area (Å²) in [5.41, 5.74) is 1.94. The number of nitrogens with zero attached hydrogens (tertiary/aromatic N) is 2. The van der Waals surface area contributed by atoms with E-state index in [0.29, 0.717) is 33.2 Å². The largest absolute Gasteiger partial charge is 0.340 e. The Labute approximate surface area is 148 Å². The van der Waals surface area contributed by atoms with Gasteiger partial charge in [0, 0.05) is 17.4 Å². The summed E-state index contributed by atoms with van der Waals surface area (Å²) in [6.07, 6.45) is 0. The van der Waals surface area contributed by atoms with Gasteiger partial charge in [-0.3, -0.25) is 0 Å². The van der Waals surface area contributed by atoms with Crippen molar-refractivity contribution in [2.45, 2.75) is 6.92 Å². The van der Waals surface area contributed by atoms with E-state index in [1.807, 2.05) is 6.92 Å². The normalized spacial score (nSPS) is 10.5. The lowest BCUT2D eigenvalue weighted by Gasteiger charge is -2.11. The summed E-state index contributed by atoms with van der Waals surface area (Å²) in [7, 11) is 0. The molecule has 0 radical (unpaired) electrons. The van der Waals surface area contributed by atoms with Gasteiger partial charge in [-0.05, 0) is 37.3 Å². The number of rotatable bonds is 4. The Hall–Kier alpha value is -2.37. The van der Waals surface area contributed by atoms with Crippen LogP contribution in [-0.4, -0.2) is 9.97 Å². The Morgan fingerprint density at radius 3 is 2.54 bits per heavy atom. The van der Waals surface area contributed by atoms with Crippen molar-refractivity contribution < 1.29 is 4.39 Å². The second-order valence-electron chi connectivity index (χ2n) is 5.08. The second-order valence-corrected chi connectivity index (χ2v) is 5.87. The molecule has 2 aromatic carbocycles. The van der Waals surface area contributed by atoms with Gasteiger partial charge in [0.15, 0.2) is 0 Å². The third-order valence-electron chi connectivity index (χ3n) is 3.15. The van der Waals surface area contributed by atoms with Gasteiger partial charge in [0.05, 0.1) is 15.7 Å². The highest BCUT2D eigenvalue weighted by molar-refractivity contribution is 6.43. The minimum absolute atomic E-state index is 0.324. The fourth-order valence-electron chi connectivity index (χ4n) is 2.12. The molecule has 0 saturated heterocycles. The number of nitrogens with one attached hydrogen (secondary N) is 2. The molecule has 0 aliphatic rings. The van der Waals surface area contributed by atoms with Gasteiger partial charge in [0.1, 0.15) is 11.6 Å². The Balaban J connectivity index is 1.87. The molecule has 1 heterocycles. The molecule has 0 fully saturated rings. The molecule has 2 N–H and O–H groups in total. The number of anilines is 4. The monoisotopic (exact) mass is 362 g/mol. The first-order valence-electron chi connectivity index (χ1n) is 7.10. The third-order valence-corrected chi connectivity index (χ3v) is 3.97. The van der Waals surface area contributed by atoms with E-state index in [0.717, 1.165) is 5.69 Å². The smallest absolute Gasteiger partial charge is 0.229 e. The lowest BCUT2D eigenvalue weighted by atomic mass is 10.3. The fraction of sp³-hybridized carbons (Fsp3) is 0.0588. The van der Waals surface area contributed by atoms with Gasteiger partial charge < -0.3 is 10.6 Å². The zero-order valence-corrected chi connectivity index (χ0v) is 14.2. The van der Waals surface area contributed by atoms with Crippen LogP contribution in [0.3, 0.4) is 0 Å². The van der Waals surface area contributed by atoms with Crippen molar-refractivity contribution in [2.24, 2.45) is 0 Å². The van der Waals surface area contributed by atoms with Gasteiger partial charge in [-0.2, -0.15) is 4.98 Å². The van der Waals surface area contributed by atoms with Crippen LogP contribution in [0.4, 0.5) is 27.5 Å². The number of hydrogen-bond acceptors (Lipinski definition) is 4. The molecule has 3 rings (SSSR count). The maximum Gasteiger partial charge on any atom is 0.229 e. The van der Waals surface area contributed by atoms with Crippen LogP contribution < -0.4 is 10.6 Å². The van der Waals surface area contributed by atoms with Crippen LogP contribution in [0.5, 0.6) is 0 Å². The summed E-state index contributed by atoms with van der Waals surface area (Å²) in [5, 5.41) is 6.92. The Morgan fingerprint density at radius 2 is 1.75 bits per heavy atom. The van der Waals surface area contributed by atoms with Crippen LogP contribution in [0.15, 0.2) is 48.5 Å². The highest BCUT2D eigenvalue weighted by atomic mass is 35.5. The molecule has 7 heteroatoms. The number of aryl methyl sites for hydroxylation is 1. The van der Waals surface area contributed by atoms with Crippen LogP contribution in [0.1, 0.15) is 5.69 Å². The van der Waals surface area contributed by atoms with Gasteiger partial charge in [-0.15, -0.1) is 0 Å². The number of aromatic nitrogens is 2. The van der Waals surface area contributed by atoms with Gasteiger partial charge in [0.25, 0.3) is 0 Å². The minimum atomic E-state index is -0.324. The van der Waals surface area contributed by atoms with E-state index in [1.54, 1.807) is 36.4 Å². The topological polar surface area (TPSA) is 49.8 Å². The van der Waals surface area contributed by atoms with Crippen LogP contribution in [0.2, 0.25) is 10.0 Å². The molecule has 122 valence electrons. The van der Waals surface area contributed by atoms with Crippen LogP contribution in [0.25, 0.3) is 0 Å². The van der Waals surface area contributed by atoms with Crippen molar-refractivity contribution in [3.8, 4) is 0 Å². The molecule has 0 unspecified atom stereocenters. The predicted octanol–water partition coefficient (Wildman–Crippen LogP) is 5.72. The molecular weight excluding hydrogens is 350 g/mol. The lowest BCUT2D eigenvalue weighted by Crippen LogP contribution is -2.03. The Kier molecular flexibility index (Phi) is 4.83. The summed E-state index contributed by atoms with van der Waals surface area (Å²) >= 11 is 12.2. The first-order chi connectivity index (χ1) is 11.5. The summed E-state index contributed by atoms with van der Waals surface area (Å²) < 4.78 is 13.3. The van der Waals surface area contributed by atoms with Crippen molar-refractivity contribution >= 4 is 46.3 Å². The molecule has 0 atom stereocenters. The number of benzene rings is 2. The molecule has 0 aliphatic carbocycles. The SMILES string of the molecule is Cc1cc(Nc2cccc(F)c2)nc(Nc2cccc(Cl)c2Cl)n1. The lowest BCUT2D eigenvalue weighted by molar-refractivity contribution is 0.628. The fourth-order valence-corrected chi connectivity index (χ4v) is 2.47. The summed E-state index contributed by atoms with van der Waals surface area (Å²) in [6.45, 7) is 1.84. The first-order valence-corrected chi connectivity index (χ1v) is 7.86. The maximum absolute atomic E-state index is 13.3. The van der Waals surface area contributed by atoms with E-state index in [9.17, 15) is 4.39 Å². The van der Waals surface area contributed by atoms with Gasteiger partial charge in [0.2, 0.25) is 5.95 Å². The number of halogens is 3. The van der Waals surface area contributed by atoms with E-state index in [-0.39, 0.29) is 5.82 Å². The Bertz CT molecular complexity index is 886. The molecule has 0 bridgehead atoms. The quantitative estimate of drug-likeness (QED) is 0.623. The molecule has 1 aromatic heterocycles. The second kappa shape index (κ2) is 7.03. The molecule has 0 spiro atoms. The highest BCUT2D eigenvalue weighted by Gasteiger charge is 2.08. The zero-order valence-electron chi connectivity index (χ0n) is 12.6. The van der Waals surface area contributed by atoms with Crippen molar-refractivity contribution in [3.05, 3.63) is 70.1 Å². The number of hydrogen-bond donors (Lipinski definition) is 2. The molecule has 0 amide bonds. The molecule has 0 saturated carbocycles. The summed E-state index contributed by atoms with van der Waals surface area (Å²) in [5.74, 6) is 0.571. The van der Waals surface area contributed by atoms with Crippen molar-refractivity contribution in [3.63, 3.8) is 0 Å². The van der Waals surface area contributed by atoms with Crippen molar-refractivity contribution in [1.29, 1.82) is 0 Å². The highest BCUT2D eigenvalue weighted by Crippen LogP contribution is 2.31. The van der Waals surface area contributed by atoms with Crippen LogP contribution in [-0.2, 0) is 0 Å². The standard InChI is InChI=1S/C17H13Cl2FN4/c1-10-8-15(22-12-5-2-4-11(20)9-12)24-17(21-10)23-14-7-3-6-13(18)16(14)19/h2-9H,1H3,(H2,21,22,23,24). The summed E-state index contributed by atoms with van der Waals surface area (Å²) in [6, 6.07) is 13.2. The maximum atomic E-state index is 13.3. The third kappa shape index (κ3) is 3.93. The average molecular weight is 363 g/mol. The van der Waals surface area contributed by atoms with Crippen LogP contribution >= 0.6 is 23.2 Å². The van der Waals surface area contributed by atoms with E-state index in [2.05, 4.69) is 20.6 Å². The molecule has 24 heavy (non-hydrogen) atoms. The Morgan fingerprint density at radius 1 is 0.958 bits per heavy atom. The van der Waals surface area contributed by atoms with E-state index in [1.165, 1.54) is 12.1 Å². The average Bonchev–Trinajstić information content (AvgIpc) is 2.51. The molecule has 0 aliphatic heterocycles. The van der Waals surface area contributed by atoms with Gasteiger partial charge >= 0.3 is 0 Å². The first kappa shape index (κ1) is 16.5. The summed E-state index contributed by atoms with van der Waals surface area (Å²) in [4.78, 5) is 8.69. The minimum Gasteiger partial charge on any atom is -0.340 e. The van der Waals surface area contributed by atoms with Crippen LogP contribution in [0, 0.1) is 12.7 Å². The predicted molar refractivity (Wildman–Crippen MR) is 96.2 cm³/mol. The molecule has 3 aromatic rings. The molecule has 4 nitrogen and oxygen atoms in total. The van der Waals surface area contributed by atoms with E-state index < -0.39 is 0 Å². The van der Waals surface area contributed by atoms with Crippen molar-refractivity contribution in [2.75, 3.05) is 10.6 Å². The van der Waals surface area contributed by atoms with Crippen molar-refractivity contribution in [1.82, 2.24) is 9.97 Å².